The maximum Gasteiger partial charge on any atom is 0.160 e. The lowest BCUT2D eigenvalue weighted by Gasteiger charge is -2.41. The number of carbonyl (C=O) groups excluding carboxylic acids is 1. The van der Waals surface area contributed by atoms with Crippen molar-refractivity contribution in [2.24, 2.45) is 0 Å². The van der Waals surface area contributed by atoms with E-state index in [0.717, 1.165) is 31.9 Å². The van der Waals surface area contributed by atoms with Gasteiger partial charge in [0.2, 0.25) is 0 Å². The minimum atomic E-state index is -0.356. The third-order valence-electron chi connectivity index (χ3n) is 4.66. The Labute approximate surface area is 121 Å². The number of carbonyl (C=O) groups is 1. The first-order valence-electron chi connectivity index (χ1n) is 7.76. The monoisotopic (exact) mass is 278 g/mol. The van der Waals surface area contributed by atoms with Gasteiger partial charge in [0.05, 0.1) is 12.0 Å². The van der Waals surface area contributed by atoms with Crippen LogP contribution in [0, 0.1) is 0 Å². The van der Waals surface area contributed by atoms with Gasteiger partial charge in [-0.15, -0.1) is 0 Å². The Kier molecular flexibility index (Phi) is 4.91. The Balaban J connectivity index is 2.11. The highest BCUT2D eigenvalue weighted by molar-refractivity contribution is 5.89. The molecule has 2 heterocycles. The van der Waals surface area contributed by atoms with Gasteiger partial charge in [-0.25, -0.2) is 9.67 Å². The Morgan fingerprint density at radius 1 is 1.30 bits per heavy atom. The second-order valence-corrected chi connectivity index (χ2v) is 5.77. The van der Waals surface area contributed by atoms with Crippen molar-refractivity contribution in [2.45, 2.75) is 65.0 Å². The zero-order valence-corrected chi connectivity index (χ0v) is 12.9. The van der Waals surface area contributed by atoms with Gasteiger partial charge in [-0.3, -0.25) is 9.69 Å². The number of hydrogen-bond acceptors (Lipinski definition) is 4. The van der Waals surface area contributed by atoms with Gasteiger partial charge in [-0.2, -0.15) is 5.10 Å². The van der Waals surface area contributed by atoms with Gasteiger partial charge in [0.1, 0.15) is 12.2 Å². The Morgan fingerprint density at radius 2 is 2.00 bits per heavy atom. The summed E-state index contributed by atoms with van der Waals surface area (Å²) in [6.45, 7) is 9.05. The molecule has 0 aromatic carbocycles. The molecule has 0 saturated carbocycles. The van der Waals surface area contributed by atoms with E-state index in [9.17, 15) is 4.79 Å². The molecule has 0 radical (unpaired) electrons. The molecule has 112 valence electrons. The summed E-state index contributed by atoms with van der Waals surface area (Å²) in [5.41, 5.74) is -0.356. The Hall–Kier alpha value is -1.23. The molecule has 5 nitrogen and oxygen atoms in total. The molecule has 1 aromatic heterocycles. The van der Waals surface area contributed by atoms with E-state index in [1.807, 2.05) is 11.6 Å². The van der Waals surface area contributed by atoms with Crippen LogP contribution in [-0.2, 0) is 17.8 Å². The minimum absolute atomic E-state index is 0.268. The molecule has 2 rings (SSSR count). The number of likely N-dealkylation sites (tertiary alicyclic amines) is 1. The number of hydrogen-bond donors (Lipinski definition) is 0. The average molecular weight is 278 g/mol. The fraction of sp³-hybridized carbons (Fsp3) is 0.800. The molecule has 0 bridgehead atoms. The largest absolute Gasteiger partial charge is 0.297 e. The fourth-order valence-corrected chi connectivity index (χ4v) is 3.01. The van der Waals surface area contributed by atoms with E-state index in [-0.39, 0.29) is 11.3 Å². The van der Waals surface area contributed by atoms with Crippen molar-refractivity contribution in [1.29, 1.82) is 0 Å². The number of Topliss-reactive ketones (excluding diaryl/α,β-unsaturated/α-hetero) is 1. The van der Waals surface area contributed by atoms with E-state index < -0.39 is 0 Å². The number of aryl methyl sites for hydroxylation is 1. The molecule has 0 amide bonds. The normalized spacial score (nSPS) is 19.8. The van der Waals surface area contributed by atoms with Crippen molar-refractivity contribution in [3.63, 3.8) is 0 Å². The van der Waals surface area contributed by atoms with E-state index in [4.69, 9.17) is 0 Å². The molecule has 1 aliphatic heterocycles. The van der Waals surface area contributed by atoms with Gasteiger partial charge in [-0.05, 0) is 46.2 Å². The lowest BCUT2D eigenvalue weighted by molar-refractivity contribution is -0.130. The number of aromatic nitrogens is 3. The summed E-state index contributed by atoms with van der Waals surface area (Å²) in [5.74, 6) is 1.05. The summed E-state index contributed by atoms with van der Waals surface area (Å²) in [4.78, 5) is 19.4. The van der Waals surface area contributed by atoms with Crippen LogP contribution in [0.5, 0.6) is 0 Å². The number of nitrogens with zero attached hydrogens (tertiary/aromatic N) is 4. The molecule has 5 heteroatoms. The number of piperidine rings is 1. The van der Waals surface area contributed by atoms with Crippen LogP contribution < -0.4 is 0 Å². The van der Waals surface area contributed by atoms with E-state index in [1.54, 1.807) is 0 Å². The molecule has 1 fully saturated rings. The molecule has 0 N–H and O–H groups in total. The zero-order valence-electron chi connectivity index (χ0n) is 12.9. The average Bonchev–Trinajstić information content (AvgIpc) is 2.94. The maximum atomic E-state index is 12.8. The fourth-order valence-electron chi connectivity index (χ4n) is 3.01. The summed E-state index contributed by atoms with van der Waals surface area (Å²) in [5, 5.41) is 4.15. The topological polar surface area (TPSA) is 51.0 Å². The van der Waals surface area contributed by atoms with Gasteiger partial charge < -0.3 is 0 Å². The number of rotatable bonds is 6. The van der Waals surface area contributed by atoms with Gasteiger partial charge in [0.15, 0.2) is 5.78 Å². The smallest absolute Gasteiger partial charge is 0.160 e. The highest BCUT2D eigenvalue weighted by Gasteiger charge is 2.38. The Bertz CT molecular complexity index is 450. The molecule has 1 atom stereocenters. The third kappa shape index (κ3) is 2.92. The maximum absolute atomic E-state index is 12.8. The SMILES string of the molecule is CCn1ncnc1CC(=O)C(C)(CC)N1CCCCC1. The highest BCUT2D eigenvalue weighted by atomic mass is 16.1. The van der Waals surface area contributed by atoms with Crippen LogP contribution in [0.1, 0.15) is 52.3 Å². The summed E-state index contributed by atoms with van der Waals surface area (Å²) in [7, 11) is 0. The van der Waals surface area contributed by atoms with Crippen LogP contribution in [0.25, 0.3) is 0 Å². The molecule has 1 aromatic rings. The van der Waals surface area contributed by atoms with Crippen molar-refractivity contribution in [3.05, 3.63) is 12.2 Å². The van der Waals surface area contributed by atoms with Crippen LogP contribution >= 0.6 is 0 Å². The van der Waals surface area contributed by atoms with Crippen LogP contribution in [0.4, 0.5) is 0 Å². The minimum Gasteiger partial charge on any atom is -0.297 e. The van der Waals surface area contributed by atoms with Crippen LogP contribution in [0.15, 0.2) is 6.33 Å². The summed E-state index contributed by atoms with van der Waals surface area (Å²) >= 11 is 0. The third-order valence-corrected chi connectivity index (χ3v) is 4.66. The molecule has 1 aliphatic rings. The molecular weight excluding hydrogens is 252 g/mol. The van der Waals surface area contributed by atoms with Crippen LogP contribution in [0.3, 0.4) is 0 Å². The van der Waals surface area contributed by atoms with Crippen molar-refractivity contribution >= 4 is 5.78 Å². The summed E-state index contributed by atoms with van der Waals surface area (Å²) in [6.07, 6.45) is 6.47. The standard InChI is InChI=1S/C15H26N4O/c1-4-15(3,18-9-7-6-8-10-18)13(20)11-14-16-12-17-19(14)5-2/h12H,4-11H2,1-3H3. The predicted molar refractivity (Wildman–Crippen MR) is 78.5 cm³/mol. The molecule has 20 heavy (non-hydrogen) atoms. The second kappa shape index (κ2) is 6.48. The van der Waals surface area contributed by atoms with E-state index in [2.05, 4.69) is 28.8 Å². The predicted octanol–water partition coefficient (Wildman–Crippen LogP) is 2.06. The first-order valence-corrected chi connectivity index (χ1v) is 7.76. The van der Waals surface area contributed by atoms with Crippen LogP contribution in [0.2, 0.25) is 0 Å². The van der Waals surface area contributed by atoms with Crippen molar-refractivity contribution < 1.29 is 4.79 Å². The lowest BCUT2D eigenvalue weighted by Crippen LogP contribution is -2.54. The van der Waals surface area contributed by atoms with Gasteiger partial charge >= 0.3 is 0 Å². The molecular formula is C15H26N4O. The Morgan fingerprint density at radius 3 is 2.60 bits per heavy atom. The first kappa shape index (κ1) is 15.2. The van der Waals surface area contributed by atoms with E-state index in [1.165, 1.54) is 25.6 Å². The van der Waals surface area contributed by atoms with E-state index >= 15 is 0 Å². The number of ketones is 1. The first-order chi connectivity index (χ1) is 9.61. The zero-order chi connectivity index (χ0) is 14.6. The van der Waals surface area contributed by atoms with Crippen molar-refractivity contribution in [1.82, 2.24) is 19.7 Å². The molecule has 0 spiro atoms. The quantitative estimate of drug-likeness (QED) is 0.799. The summed E-state index contributed by atoms with van der Waals surface area (Å²) in [6, 6.07) is 0. The van der Waals surface area contributed by atoms with Gasteiger partial charge in [0.25, 0.3) is 0 Å². The molecule has 0 aliphatic carbocycles. The van der Waals surface area contributed by atoms with Crippen LogP contribution in [-0.4, -0.2) is 44.1 Å². The summed E-state index contributed by atoms with van der Waals surface area (Å²) < 4.78 is 1.81. The van der Waals surface area contributed by atoms with E-state index in [0.29, 0.717) is 6.42 Å². The molecule has 1 saturated heterocycles. The van der Waals surface area contributed by atoms with Crippen molar-refractivity contribution in [3.8, 4) is 0 Å². The lowest BCUT2D eigenvalue weighted by atomic mass is 9.87. The van der Waals surface area contributed by atoms with Crippen molar-refractivity contribution in [2.75, 3.05) is 13.1 Å². The molecule has 1 unspecified atom stereocenters. The second-order valence-electron chi connectivity index (χ2n) is 5.77. The highest BCUT2D eigenvalue weighted by Crippen LogP contribution is 2.26. The van der Waals surface area contributed by atoms with Gasteiger partial charge in [0, 0.05) is 6.54 Å². The van der Waals surface area contributed by atoms with Gasteiger partial charge in [-0.1, -0.05) is 13.3 Å².